The Bertz CT molecular complexity index is 176. The molecule has 1 aliphatic heterocycles. The van der Waals surface area contributed by atoms with Crippen molar-refractivity contribution in [2.75, 3.05) is 13.1 Å². The zero-order valence-electron chi connectivity index (χ0n) is 5.46. The van der Waals surface area contributed by atoms with Crippen LogP contribution in [-0.2, 0) is 0 Å². The van der Waals surface area contributed by atoms with E-state index in [0.29, 0.717) is 6.42 Å². The van der Waals surface area contributed by atoms with E-state index in [-0.39, 0.29) is 10.6 Å². The highest BCUT2D eigenvalue weighted by Gasteiger charge is 2.65. The van der Waals surface area contributed by atoms with Gasteiger partial charge >= 0.3 is 0 Å². The molecule has 0 aromatic carbocycles. The summed E-state index contributed by atoms with van der Waals surface area (Å²) in [5, 5.41) is 16.4. The Morgan fingerprint density at radius 1 is 1.50 bits per heavy atom. The molecule has 2 aliphatic rings. The lowest BCUT2D eigenvalue weighted by Gasteiger charge is -2.03. The molecule has 2 N–H and O–H groups in total. The summed E-state index contributed by atoms with van der Waals surface area (Å²) in [6.45, 7) is 1.70. The second-order valence-electron chi connectivity index (χ2n) is 2.83. The van der Waals surface area contributed by atoms with Crippen molar-refractivity contribution < 1.29 is 4.92 Å². The van der Waals surface area contributed by atoms with Crippen LogP contribution in [0.15, 0.2) is 0 Å². The Balaban J connectivity index is 2.04. The summed E-state index contributed by atoms with van der Waals surface area (Å²) < 4.78 is 0. The first-order valence-electron chi connectivity index (χ1n) is 3.38. The van der Waals surface area contributed by atoms with Crippen LogP contribution in [0.1, 0.15) is 6.42 Å². The van der Waals surface area contributed by atoms with Crippen molar-refractivity contribution in [3.8, 4) is 0 Å². The number of rotatable bonds is 1. The van der Waals surface area contributed by atoms with Gasteiger partial charge in [-0.2, -0.15) is 0 Å². The Kier molecular flexibility index (Phi) is 1.01. The molecule has 1 atom stereocenters. The van der Waals surface area contributed by atoms with Crippen LogP contribution in [0.5, 0.6) is 0 Å². The van der Waals surface area contributed by atoms with E-state index in [9.17, 15) is 10.1 Å². The molecule has 1 saturated heterocycles. The Morgan fingerprint density at radius 3 is 2.50 bits per heavy atom. The number of nitro groups is 1. The van der Waals surface area contributed by atoms with Gasteiger partial charge in [0.25, 0.3) is 0 Å². The molecule has 0 aromatic rings. The van der Waals surface area contributed by atoms with Crippen LogP contribution in [0.2, 0.25) is 0 Å². The third kappa shape index (κ3) is 0.643. The summed E-state index contributed by atoms with van der Waals surface area (Å²) in [7, 11) is 0. The summed E-state index contributed by atoms with van der Waals surface area (Å²) >= 11 is 0. The fourth-order valence-electron chi connectivity index (χ4n) is 1.51. The van der Waals surface area contributed by atoms with Crippen LogP contribution in [-0.4, -0.2) is 29.7 Å². The SMILES string of the molecule is O=[N+]([O-])C1CC12NCCN2. The highest BCUT2D eigenvalue weighted by atomic mass is 16.6. The maximum atomic E-state index is 10.2. The fourth-order valence-corrected chi connectivity index (χ4v) is 1.51. The van der Waals surface area contributed by atoms with Crippen LogP contribution in [0.3, 0.4) is 0 Å². The highest BCUT2D eigenvalue weighted by Crippen LogP contribution is 2.36. The second kappa shape index (κ2) is 1.67. The average molecular weight is 143 g/mol. The predicted octanol–water partition coefficient (Wildman–Crippen LogP) is -1.08. The minimum Gasteiger partial charge on any atom is -0.292 e. The zero-order chi connectivity index (χ0) is 7.19. The van der Waals surface area contributed by atoms with Gasteiger partial charge in [-0.05, 0) is 0 Å². The summed E-state index contributed by atoms with van der Waals surface area (Å²) in [4.78, 5) is 10.0. The minimum atomic E-state index is -0.394. The van der Waals surface area contributed by atoms with E-state index in [2.05, 4.69) is 10.6 Å². The lowest BCUT2D eigenvalue weighted by molar-refractivity contribution is -0.500. The van der Waals surface area contributed by atoms with E-state index in [1.165, 1.54) is 0 Å². The summed E-state index contributed by atoms with van der Waals surface area (Å²) in [5.74, 6) is 0. The van der Waals surface area contributed by atoms with Gasteiger partial charge in [-0.3, -0.25) is 20.7 Å². The molecule has 10 heavy (non-hydrogen) atoms. The van der Waals surface area contributed by atoms with Gasteiger partial charge in [0.05, 0.1) is 6.42 Å². The summed E-state index contributed by atoms with van der Waals surface area (Å²) in [6, 6.07) is -0.394. The maximum Gasteiger partial charge on any atom is 0.247 e. The third-order valence-corrected chi connectivity index (χ3v) is 2.18. The smallest absolute Gasteiger partial charge is 0.247 e. The van der Waals surface area contributed by atoms with Gasteiger partial charge in [0, 0.05) is 18.0 Å². The van der Waals surface area contributed by atoms with Crippen LogP contribution in [0, 0.1) is 10.1 Å². The van der Waals surface area contributed by atoms with Crippen LogP contribution in [0.4, 0.5) is 0 Å². The highest BCUT2D eigenvalue weighted by molar-refractivity contribution is 5.12. The van der Waals surface area contributed by atoms with Gasteiger partial charge in [-0.15, -0.1) is 0 Å². The maximum absolute atomic E-state index is 10.2. The van der Waals surface area contributed by atoms with Crippen molar-refractivity contribution in [1.82, 2.24) is 10.6 Å². The molecule has 0 aromatic heterocycles. The fraction of sp³-hybridized carbons (Fsp3) is 1.00. The molecule has 1 aliphatic carbocycles. The van der Waals surface area contributed by atoms with Gasteiger partial charge in [-0.25, -0.2) is 0 Å². The lowest BCUT2D eigenvalue weighted by atomic mass is 10.5. The number of nitrogens with zero attached hydrogens (tertiary/aromatic N) is 1. The summed E-state index contributed by atoms with van der Waals surface area (Å²) in [5.41, 5.74) is -0.316. The molecule has 1 unspecified atom stereocenters. The monoisotopic (exact) mass is 143 g/mol. The van der Waals surface area contributed by atoms with Crippen molar-refractivity contribution in [2.24, 2.45) is 0 Å². The molecule has 56 valence electrons. The van der Waals surface area contributed by atoms with Gasteiger partial charge in [0.15, 0.2) is 0 Å². The molecule has 5 nitrogen and oxygen atoms in total. The van der Waals surface area contributed by atoms with E-state index in [0.717, 1.165) is 13.1 Å². The van der Waals surface area contributed by atoms with Gasteiger partial charge < -0.3 is 0 Å². The van der Waals surface area contributed by atoms with Crippen molar-refractivity contribution in [3.05, 3.63) is 10.1 Å². The zero-order valence-corrected chi connectivity index (χ0v) is 5.46. The molecular weight excluding hydrogens is 134 g/mol. The Labute approximate surface area is 57.9 Å². The normalized spacial score (nSPS) is 34.6. The minimum absolute atomic E-state index is 0.217. The average Bonchev–Trinajstić information content (AvgIpc) is 2.32. The standard InChI is InChI=1S/C5H9N3O2/c9-8(10)4-3-5(4)6-1-2-7-5/h4,6-7H,1-3H2. The molecule has 0 bridgehead atoms. The van der Waals surface area contributed by atoms with E-state index < -0.39 is 6.04 Å². The van der Waals surface area contributed by atoms with Crippen molar-refractivity contribution >= 4 is 0 Å². The third-order valence-electron chi connectivity index (χ3n) is 2.18. The van der Waals surface area contributed by atoms with Crippen LogP contribution < -0.4 is 10.6 Å². The molecule has 0 amide bonds. The lowest BCUT2D eigenvalue weighted by Crippen LogP contribution is -2.39. The molecule has 2 fully saturated rings. The quantitative estimate of drug-likeness (QED) is 0.362. The van der Waals surface area contributed by atoms with E-state index in [4.69, 9.17) is 0 Å². The largest absolute Gasteiger partial charge is 0.292 e. The number of hydrogen-bond donors (Lipinski definition) is 2. The Hall–Kier alpha value is -0.680. The molecule has 1 saturated carbocycles. The molecule has 2 rings (SSSR count). The van der Waals surface area contributed by atoms with Crippen LogP contribution in [0.25, 0.3) is 0 Å². The number of nitrogens with one attached hydrogen (secondary N) is 2. The van der Waals surface area contributed by atoms with Crippen LogP contribution >= 0.6 is 0 Å². The second-order valence-corrected chi connectivity index (χ2v) is 2.83. The molecule has 1 spiro atoms. The van der Waals surface area contributed by atoms with Crippen molar-refractivity contribution in [2.45, 2.75) is 18.1 Å². The van der Waals surface area contributed by atoms with E-state index in [1.807, 2.05) is 0 Å². The first-order valence-corrected chi connectivity index (χ1v) is 3.38. The van der Waals surface area contributed by atoms with Gasteiger partial charge in [0.1, 0.15) is 5.66 Å². The molecule has 1 heterocycles. The predicted molar refractivity (Wildman–Crippen MR) is 34.1 cm³/mol. The van der Waals surface area contributed by atoms with E-state index in [1.54, 1.807) is 0 Å². The Morgan fingerprint density at radius 2 is 2.10 bits per heavy atom. The summed E-state index contributed by atoms with van der Waals surface area (Å²) in [6.07, 6.45) is 0.639. The molecule has 0 radical (unpaired) electrons. The first kappa shape index (κ1) is 6.06. The molecule has 5 heteroatoms. The van der Waals surface area contributed by atoms with Crippen molar-refractivity contribution in [3.63, 3.8) is 0 Å². The number of hydrogen-bond acceptors (Lipinski definition) is 4. The molecular formula is C5H9N3O2. The van der Waals surface area contributed by atoms with E-state index >= 15 is 0 Å². The van der Waals surface area contributed by atoms with Gasteiger partial charge in [-0.1, -0.05) is 0 Å². The van der Waals surface area contributed by atoms with Crippen molar-refractivity contribution in [1.29, 1.82) is 0 Å². The van der Waals surface area contributed by atoms with Gasteiger partial charge in [0.2, 0.25) is 6.04 Å². The first-order chi connectivity index (χ1) is 4.75. The topological polar surface area (TPSA) is 67.2 Å².